The van der Waals surface area contributed by atoms with Gasteiger partial charge in [0.1, 0.15) is 4.83 Å². The Labute approximate surface area is 123 Å². The van der Waals surface area contributed by atoms with Crippen molar-refractivity contribution in [1.29, 1.82) is 0 Å². The summed E-state index contributed by atoms with van der Waals surface area (Å²) < 4.78 is 0. The molecule has 1 aliphatic carbocycles. The smallest absolute Gasteiger partial charge is 0.260 e. The first-order chi connectivity index (χ1) is 9.69. The van der Waals surface area contributed by atoms with E-state index < -0.39 is 0 Å². The van der Waals surface area contributed by atoms with Crippen LogP contribution in [0.3, 0.4) is 0 Å². The van der Waals surface area contributed by atoms with Crippen LogP contribution in [0.2, 0.25) is 0 Å². The van der Waals surface area contributed by atoms with E-state index in [1.54, 1.807) is 11.3 Å². The maximum absolute atomic E-state index is 12.2. The molecule has 0 bridgehead atoms. The lowest BCUT2D eigenvalue weighted by Crippen LogP contribution is -2.31. The van der Waals surface area contributed by atoms with Gasteiger partial charge in [0.05, 0.1) is 11.1 Å². The van der Waals surface area contributed by atoms with Crippen molar-refractivity contribution in [3.05, 3.63) is 20.8 Å². The van der Waals surface area contributed by atoms with E-state index >= 15 is 0 Å². The van der Waals surface area contributed by atoms with Gasteiger partial charge in [0.2, 0.25) is 5.91 Å². The van der Waals surface area contributed by atoms with E-state index in [4.69, 9.17) is 5.84 Å². The van der Waals surface area contributed by atoms with Gasteiger partial charge >= 0.3 is 0 Å². The number of H-pyrrole nitrogens is 1. The number of thiophene rings is 1. The zero-order valence-electron chi connectivity index (χ0n) is 10.7. The summed E-state index contributed by atoms with van der Waals surface area (Å²) in [7, 11) is 0. The Morgan fingerprint density at radius 2 is 2.25 bits per heavy atom. The summed E-state index contributed by atoms with van der Waals surface area (Å²) in [6.07, 6.45) is 4.30. The van der Waals surface area contributed by atoms with E-state index in [-0.39, 0.29) is 17.2 Å². The topological polar surface area (TPSA) is 101 Å². The summed E-state index contributed by atoms with van der Waals surface area (Å²) in [6.45, 7) is 0. The number of rotatable bonds is 3. The number of hydrogen-bond acceptors (Lipinski definition) is 6. The van der Waals surface area contributed by atoms with Crippen LogP contribution >= 0.6 is 23.1 Å². The zero-order valence-corrected chi connectivity index (χ0v) is 12.3. The van der Waals surface area contributed by atoms with E-state index in [2.05, 4.69) is 9.97 Å². The Balaban J connectivity index is 1.98. The summed E-state index contributed by atoms with van der Waals surface area (Å²) in [6, 6.07) is 0. The molecule has 0 radical (unpaired) electrons. The van der Waals surface area contributed by atoms with Crippen LogP contribution < -0.4 is 16.8 Å². The first kappa shape index (κ1) is 13.6. The van der Waals surface area contributed by atoms with Crippen LogP contribution in [0, 0.1) is 0 Å². The molecular weight excluding hydrogens is 296 g/mol. The van der Waals surface area contributed by atoms with Crippen molar-refractivity contribution in [2.45, 2.75) is 30.8 Å². The summed E-state index contributed by atoms with van der Waals surface area (Å²) in [5, 5.41) is 1.20. The molecule has 2 aromatic heterocycles. The standard InChI is InChI=1S/C12H14N4O2S2/c13-16-8(17)5-19-12-14-10(18)9-6-3-1-2-4-7(6)20-11(9)15-12/h1-5,13H2,(H,16,17)(H,14,15,18). The normalized spacial score (nSPS) is 14.2. The van der Waals surface area contributed by atoms with Gasteiger partial charge in [-0.15, -0.1) is 11.3 Å². The van der Waals surface area contributed by atoms with Gasteiger partial charge in [0, 0.05) is 4.88 Å². The van der Waals surface area contributed by atoms with Gasteiger partial charge in [-0.25, -0.2) is 10.8 Å². The molecule has 3 rings (SSSR count). The van der Waals surface area contributed by atoms with Crippen molar-refractivity contribution in [3.63, 3.8) is 0 Å². The van der Waals surface area contributed by atoms with E-state index in [0.717, 1.165) is 29.5 Å². The number of nitrogens with two attached hydrogens (primary N) is 1. The molecule has 0 atom stereocenters. The lowest BCUT2D eigenvalue weighted by atomic mass is 9.97. The van der Waals surface area contributed by atoms with Crippen LogP contribution in [-0.4, -0.2) is 21.6 Å². The predicted octanol–water partition coefficient (Wildman–Crippen LogP) is 0.945. The molecule has 8 heteroatoms. The molecule has 6 nitrogen and oxygen atoms in total. The minimum atomic E-state index is -0.303. The number of thioether (sulfide) groups is 1. The van der Waals surface area contributed by atoms with Crippen molar-refractivity contribution in [1.82, 2.24) is 15.4 Å². The predicted molar refractivity (Wildman–Crippen MR) is 79.9 cm³/mol. The molecule has 0 fully saturated rings. The highest BCUT2D eigenvalue weighted by atomic mass is 32.2. The number of amides is 1. The number of fused-ring (bicyclic) bond motifs is 3. The largest absolute Gasteiger partial charge is 0.301 e. The fourth-order valence-electron chi connectivity index (χ4n) is 2.39. The summed E-state index contributed by atoms with van der Waals surface area (Å²) in [5.74, 6) is 4.85. The molecule has 20 heavy (non-hydrogen) atoms. The Morgan fingerprint density at radius 3 is 3.05 bits per heavy atom. The fraction of sp³-hybridized carbons (Fsp3) is 0.417. The monoisotopic (exact) mass is 310 g/mol. The molecule has 0 aromatic carbocycles. The number of aromatic nitrogens is 2. The summed E-state index contributed by atoms with van der Waals surface area (Å²) >= 11 is 2.77. The van der Waals surface area contributed by atoms with Gasteiger partial charge in [-0.2, -0.15) is 0 Å². The Hall–Kier alpha value is -1.38. The molecule has 0 saturated heterocycles. The molecule has 106 valence electrons. The molecule has 2 heterocycles. The highest BCUT2D eigenvalue weighted by molar-refractivity contribution is 7.99. The van der Waals surface area contributed by atoms with Crippen LogP contribution in [0.15, 0.2) is 9.95 Å². The van der Waals surface area contributed by atoms with E-state index in [0.29, 0.717) is 5.16 Å². The number of aryl methyl sites for hydroxylation is 2. The number of carbonyl (C=O) groups excluding carboxylic acids is 1. The third kappa shape index (κ3) is 2.46. The second-order valence-corrected chi connectivity index (χ2v) is 6.67. The number of carbonyl (C=O) groups is 1. The van der Waals surface area contributed by atoms with Crippen LogP contribution in [0.4, 0.5) is 0 Å². The lowest BCUT2D eigenvalue weighted by molar-refractivity contribution is -0.118. The van der Waals surface area contributed by atoms with E-state index in [9.17, 15) is 9.59 Å². The zero-order chi connectivity index (χ0) is 14.1. The van der Waals surface area contributed by atoms with Crippen molar-refractivity contribution in [2.24, 2.45) is 5.84 Å². The number of nitrogens with one attached hydrogen (secondary N) is 2. The highest BCUT2D eigenvalue weighted by Crippen LogP contribution is 2.34. The summed E-state index contributed by atoms with van der Waals surface area (Å²) in [5.41, 5.74) is 3.11. The second kappa shape index (κ2) is 5.55. The van der Waals surface area contributed by atoms with Gasteiger partial charge in [-0.1, -0.05) is 11.8 Å². The molecule has 4 N–H and O–H groups in total. The highest BCUT2D eigenvalue weighted by Gasteiger charge is 2.19. The molecule has 0 spiro atoms. The van der Waals surface area contributed by atoms with Crippen molar-refractivity contribution >= 4 is 39.2 Å². The first-order valence-corrected chi connectivity index (χ1v) is 8.16. The molecule has 2 aromatic rings. The van der Waals surface area contributed by atoms with E-state index in [1.807, 2.05) is 5.43 Å². The molecule has 0 unspecified atom stereocenters. The Morgan fingerprint density at radius 1 is 1.45 bits per heavy atom. The Bertz CT molecular complexity index is 722. The van der Waals surface area contributed by atoms with Gasteiger partial charge in [0.15, 0.2) is 5.16 Å². The van der Waals surface area contributed by atoms with Gasteiger partial charge in [0.25, 0.3) is 5.56 Å². The molecule has 0 saturated carbocycles. The maximum Gasteiger partial charge on any atom is 0.260 e. The molecule has 1 amide bonds. The quantitative estimate of drug-likeness (QED) is 0.257. The maximum atomic E-state index is 12.2. The fourth-order valence-corrected chi connectivity index (χ4v) is 4.38. The molecule has 1 aliphatic rings. The van der Waals surface area contributed by atoms with Gasteiger partial charge in [-0.05, 0) is 31.2 Å². The number of hydrogen-bond donors (Lipinski definition) is 3. The van der Waals surface area contributed by atoms with Crippen LogP contribution in [0.1, 0.15) is 23.3 Å². The molecule has 0 aliphatic heterocycles. The average molecular weight is 310 g/mol. The Kier molecular flexibility index (Phi) is 3.77. The minimum Gasteiger partial charge on any atom is -0.301 e. The van der Waals surface area contributed by atoms with Crippen molar-refractivity contribution in [2.75, 3.05) is 5.75 Å². The third-order valence-corrected chi connectivity index (χ3v) is 5.36. The third-order valence-electron chi connectivity index (χ3n) is 3.30. The van der Waals surface area contributed by atoms with Crippen LogP contribution in [0.5, 0.6) is 0 Å². The average Bonchev–Trinajstić information content (AvgIpc) is 2.83. The second-order valence-electron chi connectivity index (χ2n) is 4.62. The van der Waals surface area contributed by atoms with E-state index in [1.165, 1.54) is 28.6 Å². The number of aromatic amines is 1. The van der Waals surface area contributed by atoms with Crippen molar-refractivity contribution < 1.29 is 4.79 Å². The molecular formula is C12H14N4O2S2. The van der Waals surface area contributed by atoms with Crippen molar-refractivity contribution in [3.8, 4) is 0 Å². The van der Waals surface area contributed by atoms with Gasteiger partial charge < -0.3 is 4.98 Å². The lowest BCUT2D eigenvalue weighted by Gasteiger charge is -2.09. The van der Waals surface area contributed by atoms with Crippen LogP contribution in [0.25, 0.3) is 10.2 Å². The van der Waals surface area contributed by atoms with Crippen LogP contribution in [-0.2, 0) is 17.6 Å². The number of nitrogens with zero attached hydrogens (tertiary/aromatic N) is 1. The summed E-state index contributed by atoms with van der Waals surface area (Å²) in [4.78, 5) is 32.6. The SMILES string of the molecule is NNC(=O)CSc1nc2sc3c(c2c(=O)[nH]1)CCCC3. The minimum absolute atomic E-state index is 0.106. The van der Waals surface area contributed by atoms with Gasteiger partial charge in [-0.3, -0.25) is 15.0 Å². The number of hydrazine groups is 1. The first-order valence-electron chi connectivity index (χ1n) is 6.36.